The second-order valence-electron chi connectivity index (χ2n) is 6.47. The Balaban J connectivity index is 1.64. The average Bonchev–Trinajstić information content (AvgIpc) is 3.14. The number of urea groups is 1. The first-order chi connectivity index (χ1) is 11.5. The molecule has 2 aromatic heterocycles. The Kier molecular flexibility index (Phi) is 4.80. The molecule has 2 atom stereocenters. The minimum absolute atomic E-state index is 0.109. The number of hydrogen-bond donors (Lipinski definition) is 1. The second-order valence-corrected chi connectivity index (χ2v) is 6.47. The Bertz CT molecular complexity index is 685. The van der Waals surface area contributed by atoms with Crippen LogP contribution in [0.3, 0.4) is 0 Å². The third kappa shape index (κ3) is 3.56. The van der Waals surface area contributed by atoms with E-state index in [1.807, 2.05) is 26.4 Å². The number of anilines is 1. The van der Waals surface area contributed by atoms with E-state index >= 15 is 0 Å². The van der Waals surface area contributed by atoms with E-state index in [-0.39, 0.29) is 6.03 Å². The number of likely N-dealkylation sites (tertiary alicyclic amines) is 1. The van der Waals surface area contributed by atoms with Crippen LogP contribution in [0.5, 0.6) is 0 Å². The van der Waals surface area contributed by atoms with Gasteiger partial charge >= 0.3 is 6.03 Å². The number of aromatic nitrogens is 3. The van der Waals surface area contributed by atoms with Gasteiger partial charge in [0.1, 0.15) is 0 Å². The molecule has 1 fully saturated rings. The van der Waals surface area contributed by atoms with E-state index in [1.165, 1.54) is 5.56 Å². The highest BCUT2D eigenvalue weighted by molar-refractivity contribution is 5.88. The van der Waals surface area contributed by atoms with Gasteiger partial charge in [0.15, 0.2) is 0 Å². The van der Waals surface area contributed by atoms with Crippen molar-refractivity contribution in [3.63, 3.8) is 0 Å². The van der Waals surface area contributed by atoms with E-state index in [1.54, 1.807) is 28.2 Å². The summed E-state index contributed by atoms with van der Waals surface area (Å²) in [5.41, 5.74) is 1.92. The Morgan fingerprint density at radius 3 is 2.92 bits per heavy atom. The minimum atomic E-state index is -0.109. The first-order valence-corrected chi connectivity index (χ1v) is 8.15. The molecule has 1 aliphatic rings. The molecule has 3 heterocycles. The lowest BCUT2D eigenvalue weighted by atomic mass is 9.94. The first-order valence-electron chi connectivity index (χ1n) is 8.15. The summed E-state index contributed by atoms with van der Waals surface area (Å²) in [4.78, 5) is 20.7. The van der Waals surface area contributed by atoms with Crippen molar-refractivity contribution in [3.8, 4) is 0 Å². The maximum absolute atomic E-state index is 12.4. The van der Waals surface area contributed by atoms with Gasteiger partial charge < -0.3 is 10.2 Å². The highest BCUT2D eigenvalue weighted by Crippen LogP contribution is 2.36. The molecule has 2 aromatic rings. The molecule has 7 heteroatoms. The summed E-state index contributed by atoms with van der Waals surface area (Å²) < 4.78 is 1.67. The zero-order chi connectivity index (χ0) is 17.1. The van der Waals surface area contributed by atoms with Crippen LogP contribution in [0.2, 0.25) is 0 Å². The van der Waals surface area contributed by atoms with Crippen LogP contribution in [0.4, 0.5) is 10.5 Å². The second kappa shape index (κ2) is 7.00. The van der Waals surface area contributed by atoms with Gasteiger partial charge in [-0.25, -0.2) is 4.79 Å². The van der Waals surface area contributed by atoms with Crippen LogP contribution in [-0.4, -0.2) is 57.8 Å². The quantitative estimate of drug-likeness (QED) is 0.932. The zero-order valence-electron chi connectivity index (χ0n) is 14.4. The monoisotopic (exact) mass is 328 g/mol. The summed E-state index contributed by atoms with van der Waals surface area (Å²) in [5.74, 6) is 0.392. The molecule has 1 aliphatic heterocycles. The van der Waals surface area contributed by atoms with Crippen LogP contribution in [-0.2, 0) is 7.05 Å². The Morgan fingerprint density at radius 1 is 1.42 bits per heavy atom. The van der Waals surface area contributed by atoms with E-state index in [4.69, 9.17) is 0 Å². The molecule has 0 aliphatic carbocycles. The number of aryl methyl sites for hydroxylation is 1. The maximum atomic E-state index is 12.4. The molecule has 128 valence electrons. The minimum Gasteiger partial charge on any atom is -0.327 e. The average molecular weight is 328 g/mol. The van der Waals surface area contributed by atoms with Crippen LogP contribution in [0, 0.1) is 5.92 Å². The summed E-state index contributed by atoms with van der Waals surface area (Å²) >= 11 is 0. The van der Waals surface area contributed by atoms with Gasteiger partial charge in [-0.2, -0.15) is 5.10 Å². The molecule has 0 saturated carbocycles. The molecule has 1 N–H and O–H groups in total. The number of amides is 2. The van der Waals surface area contributed by atoms with Gasteiger partial charge in [-0.05, 0) is 37.6 Å². The van der Waals surface area contributed by atoms with Crippen LogP contribution in [0.25, 0.3) is 0 Å². The Hall–Kier alpha value is -2.41. The first kappa shape index (κ1) is 16.4. The fourth-order valence-corrected chi connectivity index (χ4v) is 3.43. The number of nitrogens with zero attached hydrogens (tertiary/aromatic N) is 5. The third-order valence-corrected chi connectivity index (χ3v) is 4.61. The van der Waals surface area contributed by atoms with Gasteiger partial charge in [-0.3, -0.25) is 14.6 Å². The Morgan fingerprint density at radius 2 is 2.25 bits per heavy atom. The van der Waals surface area contributed by atoms with Crippen molar-refractivity contribution in [3.05, 3.63) is 42.5 Å². The number of pyridine rings is 1. The molecule has 3 rings (SSSR count). The number of hydrogen-bond acceptors (Lipinski definition) is 4. The fraction of sp³-hybridized carbons (Fsp3) is 0.471. The lowest BCUT2D eigenvalue weighted by Crippen LogP contribution is -2.36. The molecule has 7 nitrogen and oxygen atoms in total. The number of carbonyl (C=O) groups excluding carboxylic acids is 1. The smallest absolute Gasteiger partial charge is 0.321 e. The predicted octanol–water partition coefficient (Wildman–Crippen LogP) is 1.97. The van der Waals surface area contributed by atoms with Crippen molar-refractivity contribution in [2.24, 2.45) is 13.0 Å². The molecular formula is C17H24N6O. The van der Waals surface area contributed by atoms with Crippen molar-refractivity contribution in [1.29, 1.82) is 0 Å². The summed E-state index contributed by atoms with van der Waals surface area (Å²) in [6.45, 7) is 1.73. The molecule has 24 heavy (non-hydrogen) atoms. The predicted molar refractivity (Wildman–Crippen MR) is 92.6 cm³/mol. The van der Waals surface area contributed by atoms with E-state index in [0.29, 0.717) is 24.2 Å². The lowest BCUT2D eigenvalue weighted by Gasteiger charge is -2.28. The van der Waals surface area contributed by atoms with E-state index < -0.39 is 0 Å². The third-order valence-electron chi connectivity index (χ3n) is 4.61. The van der Waals surface area contributed by atoms with E-state index in [2.05, 4.69) is 33.4 Å². The molecule has 0 radical (unpaired) electrons. The van der Waals surface area contributed by atoms with E-state index in [0.717, 1.165) is 13.0 Å². The van der Waals surface area contributed by atoms with Gasteiger partial charge in [-0.15, -0.1) is 0 Å². The molecule has 0 unspecified atom stereocenters. The van der Waals surface area contributed by atoms with Crippen LogP contribution < -0.4 is 5.32 Å². The SMILES string of the molecule is CN(C[C@@H]1CCN(C)[C@H]1c1cccnc1)C(=O)Nc1cnn(C)c1. The van der Waals surface area contributed by atoms with Gasteiger partial charge in [0.2, 0.25) is 0 Å². The number of rotatable bonds is 4. The lowest BCUT2D eigenvalue weighted by molar-refractivity contribution is 0.201. The molecule has 2 amide bonds. The standard InChI is InChI=1S/C17H24N6O/c1-21-8-6-14(16(21)13-5-4-7-18-9-13)11-22(2)17(24)20-15-10-19-23(3)12-15/h4-5,7,9-10,12,14,16H,6,8,11H2,1-3H3,(H,20,24)/t14-,16-/m0/s1. The molecular weight excluding hydrogens is 304 g/mol. The van der Waals surface area contributed by atoms with Crippen molar-refractivity contribution in [2.75, 3.05) is 32.5 Å². The molecule has 0 aromatic carbocycles. The summed E-state index contributed by atoms with van der Waals surface area (Å²) in [6.07, 6.45) is 8.22. The van der Waals surface area contributed by atoms with Crippen molar-refractivity contribution >= 4 is 11.7 Å². The Labute approximate surface area is 142 Å². The van der Waals surface area contributed by atoms with Gasteiger partial charge in [0, 0.05) is 45.3 Å². The summed E-state index contributed by atoms with van der Waals surface area (Å²) in [7, 11) is 5.80. The highest BCUT2D eigenvalue weighted by Gasteiger charge is 2.34. The maximum Gasteiger partial charge on any atom is 0.321 e. The van der Waals surface area contributed by atoms with Gasteiger partial charge in [0.05, 0.1) is 11.9 Å². The van der Waals surface area contributed by atoms with Gasteiger partial charge in [-0.1, -0.05) is 6.07 Å². The molecule has 0 spiro atoms. The van der Waals surface area contributed by atoms with Crippen LogP contribution >= 0.6 is 0 Å². The van der Waals surface area contributed by atoms with Crippen molar-refractivity contribution in [2.45, 2.75) is 12.5 Å². The summed E-state index contributed by atoms with van der Waals surface area (Å²) in [5, 5.41) is 6.94. The van der Waals surface area contributed by atoms with Crippen molar-refractivity contribution in [1.82, 2.24) is 24.6 Å². The largest absolute Gasteiger partial charge is 0.327 e. The van der Waals surface area contributed by atoms with E-state index in [9.17, 15) is 4.79 Å². The number of nitrogens with one attached hydrogen (secondary N) is 1. The fourth-order valence-electron chi connectivity index (χ4n) is 3.43. The molecule has 0 bridgehead atoms. The normalized spacial score (nSPS) is 21.0. The zero-order valence-corrected chi connectivity index (χ0v) is 14.4. The number of carbonyl (C=O) groups is 1. The van der Waals surface area contributed by atoms with Crippen LogP contribution in [0.1, 0.15) is 18.0 Å². The highest BCUT2D eigenvalue weighted by atomic mass is 16.2. The molecule has 1 saturated heterocycles. The summed E-state index contributed by atoms with van der Waals surface area (Å²) in [6, 6.07) is 4.27. The topological polar surface area (TPSA) is 66.3 Å². The van der Waals surface area contributed by atoms with Gasteiger partial charge in [0.25, 0.3) is 0 Å². The van der Waals surface area contributed by atoms with Crippen LogP contribution in [0.15, 0.2) is 36.9 Å². The van der Waals surface area contributed by atoms with Crippen molar-refractivity contribution < 1.29 is 4.79 Å².